The van der Waals surface area contributed by atoms with Crippen molar-refractivity contribution in [2.24, 2.45) is 5.92 Å². The number of anilines is 1. The molecule has 26 heavy (non-hydrogen) atoms. The summed E-state index contributed by atoms with van der Waals surface area (Å²) in [6, 6.07) is 6.17. The van der Waals surface area contributed by atoms with Gasteiger partial charge in [-0.3, -0.25) is 9.59 Å². The van der Waals surface area contributed by atoms with E-state index in [1.165, 1.54) is 16.4 Å². The molecule has 1 aromatic carbocycles. The number of piperidine rings is 1. The van der Waals surface area contributed by atoms with Gasteiger partial charge in [0.2, 0.25) is 10.0 Å². The van der Waals surface area contributed by atoms with Gasteiger partial charge < -0.3 is 10.1 Å². The van der Waals surface area contributed by atoms with E-state index in [4.69, 9.17) is 4.74 Å². The number of rotatable bonds is 6. The van der Waals surface area contributed by atoms with Crippen LogP contribution in [0.5, 0.6) is 0 Å². The monoisotopic (exact) mass is 380 g/mol. The summed E-state index contributed by atoms with van der Waals surface area (Å²) in [5.41, 5.74) is 0.368. The van der Waals surface area contributed by atoms with E-state index >= 15 is 0 Å². The minimum absolute atomic E-state index is 0.0826. The molecule has 0 aromatic heterocycles. The van der Waals surface area contributed by atoms with E-state index < -0.39 is 15.9 Å². The largest absolute Gasteiger partial charge is 0.455 e. The summed E-state index contributed by atoms with van der Waals surface area (Å²) >= 11 is 0. The van der Waals surface area contributed by atoms with Crippen LogP contribution < -0.4 is 5.32 Å². The third kappa shape index (κ3) is 4.42. The van der Waals surface area contributed by atoms with Gasteiger partial charge in [-0.1, -0.05) is 18.9 Å². The summed E-state index contributed by atoms with van der Waals surface area (Å²) in [6.07, 6.45) is 5.42. The first-order valence-corrected chi connectivity index (χ1v) is 10.5. The maximum atomic E-state index is 12.7. The van der Waals surface area contributed by atoms with Gasteiger partial charge in [0, 0.05) is 18.8 Å². The standard InChI is InChI=1S/C18H24N2O5S/c21-17(13-25-18(22)14-6-4-7-14)19-15-8-5-9-16(12-15)26(23,24)20-10-2-1-3-11-20/h5,8-9,12,14H,1-4,6-7,10-11,13H2,(H,19,21). The minimum atomic E-state index is -3.56. The molecule has 1 aromatic rings. The zero-order valence-corrected chi connectivity index (χ0v) is 15.5. The molecule has 8 heteroatoms. The topological polar surface area (TPSA) is 92.8 Å². The number of hydrogen-bond donors (Lipinski definition) is 1. The second-order valence-electron chi connectivity index (χ2n) is 6.78. The number of amides is 1. The van der Waals surface area contributed by atoms with Gasteiger partial charge in [0.1, 0.15) is 0 Å². The van der Waals surface area contributed by atoms with E-state index in [2.05, 4.69) is 5.32 Å². The predicted molar refractivity (Wildman–Crippen MR) is 96.0 cm³/mol. The van der Waals surface area contributed by atoms with Gasteiger partial charge in [0.25, 0.3) is 5.91 Å². The molecule has 0 spiro atoms. The van der Waals surface area contributed by atoms with Crippen molar-refractivity contribution in [3.05, 3.63) is 24.3 Å². The fourth-order valence-electron chi connectivity index (χ4n) is 3.08. The van der Waals surface area contributed by atoms with Crippen molar-refractivity contribution < 1.29 is 22.7 Å². The summed E-state index contributed by atoms with van der Waals surface area (Å²) in [7, 11) is -3.56. The first kappa shape index (κ1) is 18.8. The van der Waals surface area contributed by atoms with Crippen molar-refractivity contribution in [2.45, 2.75) is 43.4 Å². The molecule has 1 saturated carbocycles. The number of sulfonamides is 1. The lowest BCUT2D eigenvalue weighted by molar-refractivity contribution is -0.154. The van der Waals surface area contributed by atoms with Gasteiger partial charge in [-0.2, -0.15) is 4.31 Å². The molecule has 0 radical (unpaired) electrons. The fraction of sp³-hybridized carbons (Fsp3) is 0.556. The number of carbonyl (C=O) groups excluding carboxylic acids is 2. The molecule has 1 N–H and O–H groups in total. The highest BCUT2D eigenvalue weighted by atomic mass is 32.2. The number of benzene rings is 1. The van der Waals surface area contributed by atoms with E-state index in [1.807, 2.05) is 0 Å². The Balaban J connectivity index is 1.59. The molecule has 0 unspecified atom stereocenters. The summed E-state index contributed by atoms with van der Waals surface area (Å²) < 4.78 is 31.9. The molecule has 0 atom stereocenters. The molecule has 3 rings (SSSR count). The van der Waals surface area contributed by atoms with Crippen LogP contribution in [0.15, 0.2) is 29.2 Å². The highest BCUT2D eigenvalue weighted by molar-refractivity contribution is 7.89. The van der Waals surface area contributed by atoms with E-state index in [0.29, 0.717) is 18.8 Å². The number of ether oxygens (including phenoxy) is 1. The average molecular weight is 380 g/mol. The van der Waals surface area contributed by atoms with Crippen molar-refractivity contribution in [3.8, 4) is 0 Å². The highest BCUT2D eigenvalue weighted by Crippen LogP contribution is 2.27. The van der Waals surface area contributed by atoms with E-state index in [0.717, 1.165) is 38.5 Å². The Morgan fingerprint density at radius 1 is 1.12 bits per heavy atom. The Bertz CT molecular complexity index is 768. The second kappa shape index (κ2) is 8.18. The molecule has 2 aliphatic rings. The Hall–Kier alpha value is -1.93. The third-order valence-corrected chi connectivity index (χ3v) is 6.75. The van der Waals surface area contributed by atoms with Gasteiger partial charge >= 0.3 is 5.97 Å². The summed E-state index contributed by atoms with van der Waals surface area (Å²) in [5, 5.41) is 2.59. The van der Waals surface area contributed by atoms with Crippen LogP contribution >= 0.6 is 0 Å². The van der Waals surface area contributed by atoms with Crippen LogP contribution in [0, 0.1) is 5.92 Å². The zero-order valence-electron chi connectivity index (χ0n) is 14.6. The van der Waals surface area contributed by atoms with Crippen molar-refractivity contribution in [2.75, 3.05) is 25.0 Å². The maximum absolute atomic E-state index is 12.7. The lowest BCUT2D eigenvalue weighted by atomic mass is 9.86. The number of esters is 1. The van der Waals surface area contributed by atoms with E-state index in [9.17, 15) is 18.0 Å². The van der Waals surface area contributed by atoms with Crippen molar-refractivity contribution in [3.63, 3.8) is 0 Å². The van der Waals surface area contributed by atoms with Crippen molar-refractivity contribution in [1.82, 2.24) is 4.31 Å². The molecule has 142 valence electrons. The number of nitrogens with zero attached hydrogens (tertiary/aromatic N) is 1. The quantitative estimate of drug-likeness (QED) is 0.763. The first-order chi connectivity index (χ1) is 12.5. The molecule has 1 aliphatic heterocycles. The molecule has 1 amide bonds. The highest BCUT2D eigenvalue weighted by Gasteiger charge is 2.28. The zero-order chi connectivity index (χ0) is 18.6. The van der Waals surface area contributed by atoms with E-state index in [1.54, 1.807) is 12.1 Å². The Morgan fingerprint density at radius 2 is 1.85 bits per heavy atom. The van der Waals surface area contributed by atoms with Crippen LogP contribution in [0.1, 0.15) is 38.5 Å². The second-order valence-corrected chi connectivity index (χ2v) is 8.71. The molecule has 1 aliphatic carbocycles. The lowest BCUT2D eigenvalue weighted by Gasteiger charge is -2.26. The predicted octanol–water partition coefficient (Wildman–Crippen LogP) is 2.14. The summed E-state index contributed by atoms with van der Waals surface area (Å²) in [5.74, 6) is -0.904. The van der Waals surface area contributed by atoms with Gasteiger partial charge in [-0.05, 0) is 43.9 Å². The van der Waals surface area contributed by atoms with Gasteiger partial charge in [0.15, 0.2) is 6.61 Å². The van der Waals surface area contributed by atoms with Crippen LogP contribution in [-0.4, -0.2) is 44.3 Å². The fourth-order valence-corrected chi connectivity index (χ4v) is 4.65. The van der Waals surface area contributed by atoms with Gasteiger partial charge in [0.05, 0.1) is 10.8 Å². The van der Waals surface area contributed by atoms with Gasteiger partial charge in [-0.25, -0.2) is 8.42 Å². The number of nitrogens with one attached hydrogen (secondary N) is 1. The summed E-state index contributed by atoms with van der Waals surface area (Å²) in [6.45, 7) is 0.685. The SMILES string of the molecule is O=C(COC(=O)C1CCC1)Nc1cccc(S(=O)(=O)N2CCCCC2)c1. The Kier molecular flexibility index (Phi) is 5.93. The van der Waals surface area contributed by atoms with E-state index in [-0.39, 0.29) is 23.4 Å². The minimum Gasteiger partial charge on any atom is -0.455 e. The number of hydrogen-bond acceptors (Lipinski definition) is 5. The van der Waals surface area contributed by atoms with Crippen LogP contribution in [0.25, 0.3) is 0 Å². The van der Waals surface area contributed by atoms with Crippen LogP contribution in [0.4, 0.5) is 5.69 Å². The smallest absolute Gasteiger partial charge is 0.309 e. The molecule has 1 saturated heterocycles. The molecular formula is C18H24N2O5S. The van der Waals surface area contributed by atoms with Crippen LogP contribution in [0.3, 0.4) is 0 Å². The normalized spacial score (nSPS) is 18.8. The molecule has 7 nitrogen and oxygen atoms in total. The Morgan fingerprint density at radius 3 is 2.50 bits per heavy atom. The first-order valence-electron chi connectivity index (χ1n) is 9.03. The molecule has 0 bridgehead atoms. The molecule has 2 fully saturated rings. The van der Waals surface area contributed by atoms with Crippen molar-refractivity contribution >= 4 is 27.6 Å². The van der Waals surface area contributed by atoms with Crippen molar-refractivity contribution in [1.29, 1.82) is 0 Å². The Labute approximate surface area is 153 Å². The molecular weight excluding hydrogens is 356 g/mol. The van der Waals surface area contributed by atoms with Gasteiger partial charge in [-0.15, -0.1) is 0 Å². The summed E-state index contributed by atoms with van der Waals surface area (Å²) in [4.78, 5) is 23.8. The van der Waals surface area contributed by atoms with Crippen LogP contribution in [-0.2, 0) is 24.3 Å². The number of carbonyl (C=O) groups is 2. The molecule has 1 heterocycles. The average Bonchev–Trinajstić information content (AvgIpc) is 2.59. The van der Waals surface area contributed by atoms with Crippen LogP contribution in [0.2, 0.25) is 0 Å². The third-order valence-electron chi connectivity index (χ3n) is 4.85. The lowest BCUT2D eigenvalue weighted by Crippen LogP contribution is -2.35. The maximum Gasteiger partial charge on any atom is 0.309 e.